The molecule has 0 radical (unpaired) electrons. The fourth-order valence-corrected chi connectivity index (χ4v) is 6.09. The standard InChI is InChI=1S/C31H20BrN/c32-27-14-7-9-22-18-21-8-6-13-24(30(21)31(22)27)20-16-17-29-26(19-20)25-12-4-5-15-28(25)33(29)23-10-2-1-3-11-23/h1-17,19H,18H2. The highest BCUT2D eigenvalue weighted by Gasteiger charge is 2.24. The average molecular weight is 486 g/mol. The van der Waals surface area contributed by atoms with Gasteiger partial charge < -0.3 is 4.57 Å². The van der Waals surface area contributed by atoms with Gasteiger partial charge >= 0.3 is 0 Å². The molecule has 1 nitrogen and oxygen atoms in total. The number of halogens is 1. The van der Waals surface area contributed by atoms with Crippen molar-refractivity contribution in [2.45, 2.75) is 6.42 Å². The van der Waals surface area contributed by atoms with Crippen molar-refractivity contribution >= 4 is 37.7 Å². The molecule has 0 bridgehead atoms. The lowest BCUT2D eigenvalue weighted by atomic mass is 9.93. The Labute approximate surface area is 201 Å². The third kappa shape index (κ3) is 2.77. The molecule has 1 aliphatic rings. The third-order valence-corrected chi connectivity index (χ3v) is 7.54. The van der Waals surface area contributed by atoms with E-state index < -0.39 is 0 Å². The molecule has 1 aromatic heterocycles. The molecule has 0 amide bonds. The van der Waals surface area contributed by atoms with Gasteiger partial charge in [0.25, 0.3) is 0 Å². The van der Waals surface area contributed by atoms with Crippen LogP contribution in [0.25, 0.3) is 49.7 Å². The van der Waals surface area contributed by atoms with Crippen molar-refractivity contribution in [3.8, 4) is 27.9 Å². The van der Waals surface area contributed by atoms with Gasteiger partial charge in [-0.25, -0.2) is 0 Å². The number of hydrogen-bond acceptors (Lipinski definition) is 0. The lowest BCUT2D eigenvalue weighted by molar-refractivity contribution is 1.18. The van der Waals surface area contributed by atoms with Gasteiger partial charge in [-0.15, -0.1) is 0 Å². The predicted molar refractivity (Wildman–Crippen MR) is 142 cm³/mol. The zero-order chi connectivity index (χ0) is 21.9. The number of para-hydroxylation sites is 2. The molecule has 7 rings (SSSR count). The molecule has 0 fully saturated rings. The molecule has 2 heteroatoms. The van der Waals surface area contributed by atoms with E-state index >= 15 is 0 Å². The highest BCUT2D eigenvalue weighted by Crippen LogP contribution is 2.47. The summed E-state index contributed by atoms with van der Waals surface area (Å²) in [7, 11) is 0. The second kappa shape index (κ2) is 7.19. The van der Waals surface area contributed by atoms with E-state index in [0.717, 1.165) is 6.42 Å². The zero-order valence-electron chi connectivity index (χ0n) is 17.9. The van der Waals surface area contributed by atoms with Gasteiger partial charge in [-0.05, 0) is 70.6 Å². The van der Waals surface area contributed by atoms with Gasteiger partial charge in [-0.2, -0.15) is 0 Å². The maximum atomic E-state index is 3.82. The second-order valence-electron chi connectivity index (χ2n) is 8.71. The van der Waals surface area contributed by atoms with Crippen molar-refractivity contribution in [1.29, 1.82) is 0 Å². The van der Waals surface area contributed by atoms with Gasteiger partial charge in [-0.3, -0.25) is 0 Å². The maximum Gasteiger partial charge on any atom is 0.0541 e. The van der Waals surface area contributed by atoms with Crippen molar-refractivity contribution in [3.63, 3.8) is 0 Å². The quantitative estimate of drug-likeness (QED) is 0.230. The van der Waals surface area contributed by atoms with Gasteiger partial charge in [0.2, 0.25) is 0 Å². The smallest absolute Gasteiger partial charge is 0.0541 e. The molecular weight excluding hydrogens is 466 g/mol. The maximum absolute atomic E-state index is 3.82. The zero-order valence-corrected chi connectivity index (χ0v) is 19.5. The Kier molecular flexibility index (Phi) is 4.12. The van der Waals surface area contributed by atoms with E-state index in [0.29, 0.717) is 0 Å². The summed E-state index contributed by atoms with van der Waals surface area (Å²) in [5.41, 5.74) is 11.7. The van der Waals surface area contributed by atoms with Gasteiger partial charge in [0.15, 0.2) is 0 Å². The Balaban J connectivity index is 1.51. The van der Waals surface area contributed by atoms with Crippen LogP contribution in [0.15, 0.2) is 114 Å². The monoisotopic (exact) mass is 485 g/mol. The van der Waals surface area contributed by atoms with Crippen LogP contribution in [-0.2, 0) is 6.42 Å². The van der Waals surface area contributed by atoms with Crippen LogP contribution in [0.1, 0.15) is 11.1 Å². The molecule has 0 spiro atoms. The summed E-state index contributed by atoms with van der Waals surface area (Å²) in [6.45, 7) is 0. The van der Waals surface area contributed by atoms with E-state index in [-0.39, 0.29) is 0 Å². The van der Waals surface area contributed by atoms with Gasteiger partial charge in [0, 0.05) is 26.5 Å². The molecule has 0 saturated heterocycles. The molecular formula is C31H20BrN. The van der Waals surface area contributed by atoms with Crippen LogP contribution in [0.4, 0.5) is 0 Å². The highest BCUT2D eigenvalue weighted by molar-refractivity contribution is 9.10. The Bertz CT molecular complexity index is 1690. The average Bonchev–Trinajstić information content (AvgIpc) is 3.41. The third-order valence-electron chi connectivity index (χ3n) is 6.88. The second-order valence-corrected chi connectivity index (χ2v) is 9.56. The van der Waals surface area contributed by atoms with Crippen LogP contribution < -0.4 is 0 Å². The van der Waals surface area contributed by atoms with E-state index in [4.69, 9.17) is 0 Å². The summed E-state index contributed by atoms with van der Waals surface area (Å²) in [6, 6.07) is 39.6. The molecule has 1 aliphatic carbocycles. The van der Waals surface area contributed by atoms with E-state index in [1.54, 1.807) is 0 Å². The molecule has 0 atom stereocenters. The Morgan fingerprint density at radius 1 is 0.576 bits per heavy atom. The van der Waals surface area contributed by atoms with Crippen molar-refractivity contribution in [2.24, 2.45) is 0 Å². The summed E-state index contributed by atoms with van der Waals surface area (Å²) in [4.78, 5) is 0. The molecule has 33 heavy (non-hydrogen) atoms. The number of hydrogen-bond donors (Lipinski definition) is 0. The molecule has 0 saturated carbocycles. The number of rotatable bonds is 2. The van der Waals surface area contributed by atoms with Crippen LogP contribution in [0.2, 0.25) is 0 Å². The summed E-state index contributed by atoms with van der Waals surface area (Å²) in [6.07, 6.45) is 0.994. The summed E-state index contributed by atoms with van der Waals surface area (Å²) in [5, 5.41) is 2.57. The summed E-state index contributed by atoms with van der Waals surface area (Å²) >= 11 is 3.82. The topological polar surface area (TPSA) is 4.93 Å². The van der Waals surface area contributed by atoms with Gasteiger partial charge in [0.05, 0.1) is 11.0 Å². The minimum Gasteiger partial charge on any atom is -0.309 e. The van der Waals surface area contributed by atoms with Crippen LogP contribution in [0, 0.1) is 0 Å². The van der Waals surface area contributed by atoms with Gasteiger partial charge in [-0.1, -0.05) is 88.7 Å². The lowest BCUT2D eigenvalue weighted by Gasteiger charge is -2.12. The SMILES string of the molecule is Brc1cccc2c1-c1c(cccc1-c1ccc3c(c1)c1ccccc1n3-c1ccccc1)C2. The normalized spacial score (nSPS) is 12.3. The van der Waals surface area contributed by atoms with E-state index in [1.807, 2.05) is 0 Å². The van der Waals surface area contributed by atoms with Crippen LogP contribution in [0.5, 0.6) is 0 Å². The number of fused-ring (bicyclic) bond motifs is 6. The molecule has 5 aromatic carbocycles. The van der Waals surface area contributed by atoms with Crippen LogP contribution in [0.3, 0.4) is 0 Å². The van der Waals surface area contributed by atoms with Crippen molar-refractivity contribution in [2.75, 3.05) is 0 Å². The highest BCUT2D eigenvalue weighted by atomic mass is 79.9. The van der Waals surface area contributed by atoms with E-state index in [1.165, 1.54) is 65.3 Å². The van der Waals surface area contributed by atoms with E-state index in [9.17, 15) is 0 Å². The Hall–Kier alpha value is -3.62. The van der Waals surface area contributed by atoms with Crippen molar-refractivity contribution in [3.05, 3.63) is 125 Å². The number of benzene rings is 5. The Morgan fingerprint density at radius 3 is 2.18 bits per heavy atom. The first-order chi connectivity index (χ1) is 16.3. The number of nitrogens with zero attached hydrogens (tertiary/aromatic N) is 1. The van der Waals surface area contributed by atoms with Gasteiger partial charge in [0.1, 0.15) is 0 Å². The van der Waals surface area contributed by atoms with Crippen molar-refractivity contribution < 1.29 is 0 Å². The molecule has 156 valence electrons. The first-order valence-electron chi connectivity index (χ1n) is 11.3. The van der Waals surface area contributed by atoms with Crippen molar-refractivity contribution in [1.82, 2.24) is 4.57 Å². The fraction of sp³-hybridized carbons (Fsp3) is 0.0323. The van der Waals surface area contributed by atoms with Crippen LogP contribution in [-0.4, -0.2) is 4.57 Å². The minimum atomic E-state index is 0.994. The summed E-state index contributed by atoms with van der Waals surface area (Å²) < 4.78 is 3.54. The molecule has 0 aliphatic heterocycles. The van der Waals surface area contributed by atoms with Crippen LogP contribution >= 0.6 is 15.9 Å². The van der Waals surface area contributed by atoms with E-state index in [2.05, 4.69) is 130 Å². The fourth-order valence-electron chi connectivity index (χ4n) is 5.48. The lowest BCUT2D eigenvalue weighted by Crippen LogP contribution is -1.93. The molecule has 6 aromatic rings. The number of aromatic nitrogens is 1. The minimum absolute atomic E-state index is 0.994. The predicted octanol–water partition coefficient (Wildman–Crippen LogP) is 8.78. The first-order valence-corrected chi connectivity index (χ1v) is 12.1. The Morgan fingerprint density at radius 2 is 1.30 bits per heavy atom. The largest absolute Gasteiger partial charge is 0.309 e. The molecule has 1 heterocycles. The summed E-state index contributed by atoms with van der Waals surface area (Å²) in [5.74, 6) is 0. The molecule has 0 unspecified atom stereocenters. The first kappa shape index (κ1) is 18.9. The molecule has 0 N–H and O–H groups in total.